The fourth-order valence-corrected chi connectivity index (χ4v) is 3.46. The van der Waals surface area contributed by atoms with Gasteiger partial charge < -0.3 is 10.4 Å². The van der Waals surface area contributed by atoms with Crippen LogP contribution in [0.2, 0.25) is 0 Å². The van der Waals surface area contributed by atoms with Gasteiger partial charge in [0.2, 0.25) is 5.91 Å². The van der Waals surface area contributed by atoms with Crippen LogP contribution < -0.4 is 5.32 Å². The van der Waals surface area contributed by atoms with Crippen molar-refractivity contribution >= 4 is 23.2 Å². The van der Waals surface area contributed by atoms with Gasteiger partial charge in [0.05, 0.1) is 16.8 Å². The first kappa shape index (κ1) is 15.0. The molecule has 20 heavy (non-hydrogen) atoms. The lowest BCUT2D eigenvalue weighted by atomic mass is 9.79. The summed E-state index contributed by atoms with van der Waals surface area (Å²) in [4.78, 5) is 27.6. The second-order valence-electron chi connectivity index (χ2n) is 5.26. The molecule has 0 radical (unpaired) electrons. The van der Waals surface area contributed by atoms with Crippen molar-refractivity contribution in [2.45, 2.75) is 39.0 Å². The second kappa shape index (κ2) is 6.83. The number of carbonyl (C=O) groups excluding carboxylic acids is 1. The monoisotopic (exact) mass is 296 g/mol. The Balaban J connectivity index is 1.82. The van der Waals surface area contributed by atoms with Crippen molar-refractivity contribution in [3.05, 3.63) is 16.1 Å². The average molecular weight is 296 g/mol. The maximum Gasteiger partial charge on any atom is 0.307 e. The van der Waals surface area contributed by atoms with E-state index in [4.69, 9.17) is 0 Å². The van der Waals surface area contributed by atoms with Crippen LogP contribution >= 0.6 is 11.3 Å². The summed E-state index contributed by atoms with van der Waals surface area (Å²) in [5.41, 5.74) is 0.995. The third-order valence-corrected chi connectivity index (χ3v) is 4.75. The molecular weight excluding hydrogens is 276 g/mol. The molecule has 6 heteroatoms. The van der Waals surface area contributed by atoms with Gasteiger partial charge in [-0.1, -0.05) is 12.8 Å². The Morgan fingerprint density at radius 3 is 2.70 bits per heavy atom. The van der Waals surface area contributed by atoms with Gasteiger partial charge in [0, 0.05) is 24.0 Å². The molecule has 0 bridgehead atoms. The number of thiazole rings is 1. The molecule has 1 fully saturated rings. The Hall–Kier alpha value is -1.43. The summed E-state index contributed by atoms with van der Waals surface area (Å²) in [6.45, 7) is 2.46. The summed E-state index contributed by atoms with van der Waals surface area (Å²) in [6, 6.07) is 0. The molecule has 5 nitrogen and oxygen atoms in total. The molecule has 1 aliphatic rings. The summed E-state index contributed by atoms with van der Waals surface area (Å²) in [5.74, 6) is -1.86. The molecule has 0 aliphatic heterocycles. The predicted molar refractivity (Wildman–Crippen MR) is 76.6 cm³/mol. The number of aliphatic carboxylic acids is 1. The lowest BCUT2D eigenvalue weighted by Gasteiger charge is -2.27. The summed E-state index contributed by atoms with van der Waals surface area (Å²) >= 11 is 1.59. The zero-order valence-corrected chi connectivity index (χ0v) is 12.4. The highest BCUT2D eigenvalue weighted by atomic mass is 32.1. The second-order valence-corrected chi connectivity index (χ2v) is 6.20. The van der Waals surface area contributed by atoms with Crippen molar-refractivity contribution in [2.24, 2.45) is 11.8 Å². The fourth-order valence-electron chi connectivity index (χ4n) is 2.68. The number of hydrogen-bond donors (Lipinski definition) is 2. The number of rotatable bonds is 5. The summed E-state index contributed by atoms with van der Waals surface area (Å²) in [6.07, 6.45) is 3.83. The zero-order chi connectivity index (χ0) is 14.5. The first-order chi connectivity index (χ1) is 9.58. The van der Waals surface area contributed by atoms with Gasteiger partial charge in [-0.25, -0.2) is 4.98 Å². The van der Waals surface area contributed by atoms with Gasteiger partial charge in [-0.15, -0.1) is 11.3 Å². The van der Waals surface area contributed by atoms with E-state index in [1.807, 2.05) is 12.3 Å². The first-order valence-electron chi connectivity index (χ1n) is 6.99. The van der Waals surface area contributed by atoms with Gasteiger partial charge in [-0.2, -0.15) is 0 Å². The molecule has 2 rings (SSSR count). The Kier molecular flexibility index (Phi) is 5.11. The molecule has 2 unspecified atom stereocenters. The normalized spacial score (nSPS) is 22.4. The molecule has 2 atom stereocenters. The third-order valence-electron chi connectivity index (χ3n) is 3.72. The third kappa shape index (κ3) is 3.79. The van der Waals surface area contributed by atoms with Crippen molar-refractivity contribution in [1.82, 2.24) is 10.3 Å². The lowest BCUT2D eigenvalue weighted by Crippen LogP contribution is -2.40. The van der Waals surface area contributed by atoms with Gasteiger partial charge >= 0.3 is 5.97 Å². The first-order valence-corrected chi connectivity index (χ1v) is 7.87. The summed E-state index contributed by atoms with van der Waals surface area (Å²) in [7, 11) is 0. The van der Waals surface area contributed by atoms with Crippen LogP contribution in [-0.4, -0.2) is 28.5 Å². The van der Waals surface area contributed by atoms with E-state index in [0.29, 0.717) is 25.8 Å². The molecule has 1 aliphatic carbocycles. The Morgan fingerprint density at radius 2 is 2.10 bits per heavy atom. The highest BCUT2D eigenvalue weighted by molar-refractivity contribution is 7.09. The molecule has 1 heterocycles. The maximum absolute atomic E-state index is 12.1. The van der Waals surface area contributed by atoms with E-state index in [1.165, 1.54) is 0 Å². The van der Waals surface area contributed by atoms with E-state index in [1.54, 1.807) is 11.3 Å². The average Bonchev–Trinajstić information content (AvgIpc) is 2.84. The fraction of sp³-hybridized carbons (Fsp3) is 0.643. The van der Waals surface area contributed by atoms with E-state index in [0.717, 1.165) is 23.5 Å². The number of nitrogens with zero attached hydrogens (tertiary/aromatic N) is 1. The molecule has 0 saturated heterocycles. The van der Waals surface area contributed by atoms with Gasteiger partial charge in [-0.05, 0) is 19.8 Å². The molecule has 2 N–H and O–H groups in total. The number of aromatic nitrogens is 1. The Labute approximate surface area is 122 Å². The molecule has 0 aromatic carbocycles. The molecule has 0 spiro atoms. The van der Waals surface area contributed by atoms with Crippen molar-refractivity contribution in [2.75, 3.05) is 6.54 Å². The van der Waals surface area contributed by atoms with Gasteiger partial charge in [0.1, 0.15) is 0 Å². The number of carboxylic acids is 1. The zero-order valence-electron chi connectivity index (χ0n) is 11.6. The van der Waals surface area contributed by atoms with E-state index >= 15 is 0 Å². The van der Waals surface area contributed by atoms with Crippen LogP contribution in [0.1, 0.15) is 36.4 Å². The quantitative estimate of drug-likeness (QED) is 0.871. The van der Waals surface area contributed by atoms with Crippen molar-refractivity contribution in [3.8, 4) is 0 Å². The van der Waals surface area contributed by atoms with E-state index < -0.39 is 11.9 Å². The number of carbonyl (C=O) groups is 2. The highest BCUT2D eigenvalue weighted by Gasteiger charge is 2.35. The van der Waals surface area contributed by atoms with Crippen LogP contribution in [0.4, 0.5) is 0 Å². The minimum Gasteiger partial charge on any atom is -0.481 e. The lowest BCUT2D eigenvalue weighted by molar-refractivity contribution is -0.148. The van der Waals surface area contributed by atoms with Crippen LogP contribution in [0.5, 0.6) is 0 Å². The van der Waals surface area contributed by atoms with Crippen LogP contribution in [0.3, 0.4) is 0 Å². The largest absolute Gasteiger partial charge is 0.481 e. The van der Waals surface area contributed by atoms with E-state index in [2.05, 4.69) is 10.3 Å². The van der Waals surface area contributed by atoms with E-state index in [9.17, 15) is 14.7 Å². The SMILES string of the molecule is Cc1csc(CCNC(=O)C2CCCCC2C(=O)O)n1. The van der Waals surface area contributed by atoms with Crippen molar-refractivity contribution in [3.63, 3.8) is 0 Å². The van der Waals surface area contributed by atoms with E-state index in [-0.39, 0.29) is 11.8 Å². The summed E-state index contributed by atoms with van der Waals surface area (Å²) in [5, 5.41) is 15.0. The molecule has 1 amide bonds. The Morgan fingerprint density at radius 1 is 1.40 bits per heavy atom. The smallest absolute Gasteiger partial charge is 0.307 e. The predicted octanol–water partition coefficient (Wildman–Crippen LogP) is 2.00. The topological polar surface area (TPSA) is 79.3 Å². The minimum atomic E-state index is -0.847. The minimum absolute atomic E-state index is 0.120. The van der Waals surface area contributed by atoms with Gasteiger partial charge in [-0.3, -0.25) is 9.59 Å². The highest BCUT2D eigenvalue weighted by Crippen LogP contribution is 2.30. The molecule has 1 aromatic heterocycles. The maximum atomic E-state index is 12.1. The standard InChI is InChI=1S/C14H20N2O3S/c1-9-8-20-12(16-9)6-7-15-13(17)10-4-2-3-5-11(10)14(18)19/h8,10-11H,2-7H2,1H3,(H,15,17)(H,18,19). The van der Waals surface area contributed by atoms with Gasteiger partial charge in [0.25, 0.3) is 0 Å². The number of hydrogen-bond acceptors (Lipinski definition) is 4. The van der Waals surface area contributed by atoms with Gasteiger partial charge in [0.15, 0.2) is 0 Å². The summed E-state index contributed by atoms with van der Waals surface area (Å²) < 4.78 is 0. The molecule has 1 aromatic rings. The van der Waals surface area contributed by atoms with Crippen LogP contribution in [-0.2, 0) is 16.0 Å². The molecule has 1 saturated carbocycles. The molecular formula is C14H20N2O3S. The van der Waals surface area contributed by atoms with Crippen molar-refractivity contribution in [1.29, 1.82) is 0 Å². The van der Waals surface area contributed by atoms with Crippen LogP contribution in [0.25, 0.3) is 0 Å². The number of aryl methyl sites for hydroxylation is 1. The Bertz CT molecular complexity index is 487. The van der Waals surface area contributed by atoms with Crippen LogP contribution in [0, 0.1) is 18.8 Å². The molecule has 110 valence electrons. The number of carboxylic acid groups (broad SMARTS) is 1. The van der Waals surface area contributed by atoms with Crippen molar-refractivity contribution < 1.29 is 14.7 Å². The number of nitrogens with one attached hydrogen (secondary N) is 1. The number of amides is 1. The van der Waals surface area contributed by atoms with Crippen LogP contribution in [0.15, 0.2) is 5.38 Å².